The van der Waals surface area contributed by atoms with E-state index >= 15 is 0 Å². The average molecular weight is 131 g/mol. The molecule has 1 aliphatic heterocycles. The van der Waals surface area contributed by atoms with Gasteiger partial charge >= 0.3 is 5.97 Å². The highest BCUT2D eigenvalue weighted by atomic mass is 16.4. The van der Waals surface area contributed by atoms with Crippen LogP contribution in [0.5, 0.6) is 0 Å². The standard InChI is InChI=1S/C5H10N2O2/c8-5(9)3-7-4-1-6-2-4/h4,6-7H,1-3H2,(H,8,9)/p+1. The third-order valence-corrected chi connectivity index (χ3v) is 1.44. The summed E-state index contributed by atoms with van der Waals surface area (Å²) in [5.41, 5.74) is 0. The smallest absolute Gasteiger partial charge is 0.317 e. The SMILES string of the molecule is O=C(O)CNC1C[NH2+]C1. The molecule has 9 heavy (non-hydrogen) atoms. The second-order valence-corrected chi connectivity index (χ2v) is 2.23. The minimum absolute atomic E-state index is 0.0957. The lowest BCUT2D eigenvalue weighted by Crippen LogP contribution is -3.00. The highest BCUT2D eigenvalue weighted by molar-refractivity contribution is 5.69. The minimum Gasteiger partial charge on any atom is -0.480 e. The Kier molecular flexibility index (Phi) is 2.02. The van der Waals surface area contributed by atoms with Crippen LogP contribution in [-0.4, -0.2) is 36.8 Å². The molecule has 0 unspecified atom stereocenters. The number of hydrogen-bond acceptors (Lipinski definition) is 2. The number of carboxylic acids is 1. The largest absolute Gasteiger partial charge is 0.480 e. The Balaban J connectivity index is 1.97. The molecule has 1 heterocycles. The van der Waals surface area contributed by atoms with Gasteiger partial charge in [0.1, 0.15) is 6.04 Å². The highest BCUT2D eigenvalue weighted by Crippen LogP contribution is 1.78. The van der Waals surface area contributed by atoms with Crippen molar-refractivity contribution < 1.29 is 15.2 Å². The lowest BCUT2D eigenvalue weighted by atomic mass is 10.2. The zero-order chi connectivity index (χ0) is 6.69. The van der Waals surface area contributed by atoms with E-state index in [9.17, 15) is 4.79 Å². The topological polar surface area (TPSA) is 65.9 Å². The van der Waals surface area contributed by atoms with E-state index in [1.165, 1.54) is 0 Å². The summed E-state index contributed by atoms with van der Waals surface area (Å²) >= 11 is 0. The molecule has 1 rings (SSSR count). The molecule has 4 nitrogen and oxygen atoms in total. The van der Waals surface area contributed by atoms with Crippen LogP contribution in [-0.2, 0) is 4.79 Å². The van der Waals surface area contributed by atoms with Gasteiger partial charge in [0.05, 0.1) is 19.6 Å². The third kappa shape index (κ3) is 1.99. The molecular weight excluding hydrogens is 120 g/mol. The van der Waals surface area contributed by atoms with Crippen LogP contribution in [0, 0.1) is 0 Å². The molecular formula is C5H11N2O2+. The van der Waals surface area contributed by atoms with Crippen LogP contribution in [0.3, 0.4) is 0 Å². The highest BCUT2D eigenvalue weighted by Gasteiger charge is 2.20. The fourth-order valence-corrected chi connectivity index (χ4v) is 0.732. The zero-order valence-electron chi connectivity index (χ0n) is 5.13. The van der Waals surface area contributed by atoms with Gasteiger partial charge in [0, 0.05) is 0 Å². The van der Waals surface area contributed by atoms with E-state index in [0.717, 1.165) is 13.1 Å². The number of hydrogen-bond donors (Lipinski definition) is 3. The number of rotatable bonds is 3. The van der Waals surface area contributed by atoms with Gasteiger partial charge in [-0.3, -0.25) is 10.1 Å². The molecule has 0 bridgehead atoms. The van der Waals surface area contributed by atoms with Crippen molar-refractivity contribution >= 4 is 5.97 Å². The maximum Gasteiger partial charge on any atom is 0.317 e. The van der Waals surface area contributed by atoms with Gasteiger partial charge in [0.25, 0.3) is 0 Å². The number of quaternary nitrogens is 1. The van der Waals surface area contributed by atoms with Crippen molar-refractivity contribution in [3.8, 4) is 0 Å². The van der Waals surface area contributed by atoms with Crippen LogP contribution in [0.4, 0.5) is 0 Å². The molecule has 0 aromatic carbocycles. The molecule has 1 fully saturated rings. The van der Waals surface area contributed by atoms with Crippen LogP contribution in [0.1, 0.15) is 0 Å². The normalized spacial score (nSPS) is 19.1. The van der Waals surface area contributed by atoms with E-state index in [2.05, 4.69) is 10.6 Å². The molecule has 0 aromatic rings. The summed E-state index contributed by atoms with van der Waals surface area (Å²) in [6.45, 7) is 2.14. The predicted molar refractivity (Wildman–Crippen MR) is 31.1 cm³/mol. The summed E-state index contributed by atoms with van der Waals surface area (Å²) in [5, 5.41) is 13.2. The number of aliphatic carboxylic acids is 1. The van der Waals surface area contributed by atoms with E-state index in [-0.39, 0.29) is 6.54 Å². The summed E-state index contributed by atoms with van der Waals surface area (Å²) in [6.07, 6.45) is 0. The van der Waals surface area contributed by atoms with Gasteiger partial charge in [-0.2, -0.15) is 0 Å². The van der Waals surface area contributed by atoms with Crippen molar-refractivity contribution in [2.24, 2.45) is 0 Å². The van der Waals surface area contributed by atoms with Crippen molar-refractivity contribution in [2.45, 2.75) is 6.04 Å². The van der Waals surface area contributed by atoms with Crippen LogP contribution >= 0.6 is 0 Å². The van der Waals surface area contributed by atoms with E-state index < -0.39 is 5.97 Å². The van der Waals surface area contributed by atoms with Crippen LogP contribution < -0.4 is 10.6 Å². The Bertz CT molecular complexity index is 112. The van der Waals surface area contributed by atoms with Crippen molar-refractivity contribution in [2.75, 3.05) is 19.6 Å². The Labute approximate surface area is 53.2 Å². The lowest BCUT2D eigenvalue weighted by molar-refractivity contribution is -0.711. The first-order valence-electron chi connectivity index (χ1n) is 3.06. The Morgan fingerprint density at radius 3 is 2.78 bits per heavy atom. The molecule has 4 heteroatoms. The monoisotopic (exact) mass is 131 g/mol. The molecule has 4 N–H and O–H groups in total. The molecule has 0 aromatic heterocycles. The van der Waals surface area contributed by atoms with Gasteiger partial charge in [-0.15, -0.1) is 0 Å². The Hall–Kier alpha value is -0.610. The Morgan fingerprint density at radius 2 is 2.44 bits per heavy atom. The van der Waals surface area contributed by atoms with E-state index in [1.807, 2.05) is 0 Å². The van der Waals surface area contributed by atoms with E-state index in [0.29, 0.717) is 6.04 Å². The molecule has 52 valence electrons. The van der Waals surface area contributed by atoms with Crippen LogP contribution in [0.25, 0.3) is 0 Å². The van der Waals surface area contributed by atoms with Crippen LogP contribution in [0.15, 0.2) is 0 Å². The summed E-state index contributed by atoms with van der Waals surface area (Å²) in [7, 11) is 0. The summed E-state index contributed by atoms with van der Waals surface area (Å²) in [4.78, 5) is 9.97. The molecule has 0 spiro atoms. The van der Waals surface area contributed by atoms with Gasteiger partial charge in [0.15, 0.2) is 0 Å². The second kappa shape index (κ2) is 2.80. The fourth-order valence-electron chi connectivity index (χ4n) is 0.732. The quantitative estimate of drug-likeness (QED) is 0.400. The van der Waals surface area contributed by atoms with Gasteiger partial charge in [-0.1, -0.05) is 0 Å². The van der Waals surface area contributed by atoms with Gasteiger partial charge < -0.3 is 10.4 Å². The molecule has 0 saturated carbocycles. The van der Waals surface area contributed by atoms with Gasteiger partial charge in [-0.25, -0.2) is 0 Å². The average Bonchev–Trinajstić information content (AvgIpc) is 1.60. The summed E-state index contributed by atoms with van der Waals surface area (Å²) in [5.74, 6) is -0.776. The summed E-state index contributed by atoms with van der Waals surface area (Å²) in [6, 6.07) is 0.432. The Morgan fingerprint density at radius 1 is 1.78 bits per heavy atom. The number of nitrogens with one attached hydrogen (secondary N) is 1. The first kappa shape index (κ1) is 6.51. The van der Waals surface area contributed by atoms with Crippen molar-refractivity contribution in [1.82, 2.24) is 5.32 Å². The predicted octanol–water partition coefficient (Wildman–Crippen LogP) is -2.39. The van der Waals surface area contributed by atoms with Crippen molar-refractivity contribution in [3.05, 3.63) is 0 Å². The van der Waals surface area contributed by atoms with E-state index in [4.69, 9.17) is 5.11 Å². The number of carboxylic acid groups (broad SMARTS) is 1. The fraction of sp³-hybridized carbons (Fsp3) is 0.800. The molecule has 1 saturated heterocycles. The first-order valence-corrected chi connectivity index (χ1v) is 3.06. The van der Waals surface area contributed by atoms with Crippen molar-refractivity contribution in [1.29, 1.82) is 0 Å². The lowest BCUT2D eigenvalue weighted by Gasteiger charge is -2.22. The first-order chi connectivity index (χ1) is 4.29. The zero-order valence-corrected chi connectivity index (χ0v) is 5.13. The number of carbonyl (C=O) groups is 1. The minimum atomic E-state index is -0.776. The maximum absolute atomic E-state index is 9.97. The second-order valence-electron chi connectivity index (χ2n) is 2.23. The molecule has 0 amide bonds. The molecule has 0 radical (unpaired) electrons. The van der Waals surface area contributed by atoms with Crippen LogP contribution in [0.2, 0.25) is 0 Å². The summed E-state index contributed by atoms with van der Waals surface area (Å²) < 4.78 is 0. The third-order valence-electron chi connectivity index (χ3n) is 1.44. The number of nitrogens with two attached hydrogens (primary N) is 1. The van der Waals surface area contributed by atoms with Crippen molar-refractivity contribution in [3.63, 3.8) is 0 Å². The van der Waals surface area contributed by atoms with E-state index in [1.54, 1.807) is 0 Å². The van der Waals surface area contributed by atoms with Gasteiger partial charge in [-0.05, 0) is 0 Å². The molecule has 0 aliphatic carbocycles. The van der Waals surface area contributed by atoms with Gasteiger partial charge in [0.2, 0.25) is 0 Å². The molecule has 1 aliphatic rings. The molecule has 0 atom stereocenters. The maximum atomic E-state index is 9.97.